The highest BCUT2D eigenvalue weighted by Crippen LogP contribution is 2.26. The Hall–Kier alpha value is -2.76. The third kappa shape index (κ3) is 3.91. The third-order valence-electron chi connectivity index (χ3n) is 4.94. The van der Waals surface area contributed by atoms with Crippen LogP contribution in [0.5, 0.6) is 0 Å². The van der Waals surface area contributed by atoms with Crippen LogP contribution < -0.4 is 5.32 Å². The lowest BCUT2D eigenvalue weighted by Crippen LogP contribution is -2.37. The lowest BCUT2D eigenvalue weighted by atomic mass is 9.93. The number of hydrogen-bond donors (Lipinski definition) is 1. The molecule has 5 nitrogen and oxygen atoms in total. The van der Waals surface area contributed by atoms with E-state index in [0.717, 1.165) is 5.69 Å². The van der Waals surface area contributed by atoms with E-state index in [4.69, 9.17) is 0 Å². The van der Waals surface area contributed by atoms with Crippen molar-refractivity contribution in [2.75, 3.05) is 0 Å². The Kier molecular flexibility index (Phi) is 5.24. The molecular formula is C22H27FN4O. The molecule has 28 heavy (non-hydrogen) atoms. The maximum absolute atomic E-state index is 14.4. The van der Waals surface area contributed by atoms with Crippen LogP contribution in [0.2, 0.25) is 0 Å². The van der Waals surface area contributed by atoms with E-state index in [1.165, 1.54) is 6.07 Å². The van der Waals surface area contributed by atoms with Crippen LogP contribution in [0, 0.1) is 11.7 Å². The van der Waals surface area contributed by atoms with Gasteiger partial charge in [-0.2, -0.15) is 5.10 Å². The summed E-state index contributed by atoms with van der Waals surface area (Å²) < 4.78 is 15.9. The van der Waals surface area contributed by atoms with Crippen molar-refractivity contribution in [1.29, 1.82) is 0 Å². The Labute approximate surface area is 165 Å². The summed E-state index contributed by atoms with van der Waals surface area (Å²) in [5.41, 5.74) is 2.24. The molecule has 148 valence electrons. The van der Waals surface area contributed by atoms with Gasteiger partial charge in [0.2, 0.25) is 0 Å². The summed E-state index contributed by atoms with van der Waals surface area (Å²) in [5.74, 6) is -0.346. The fourth-order valence-corrected chi connectivity index (χ4v) is 2.76. The lowest BCUT2D eigenvalue weighted by molar-refractivity contribution is 0.0922. The summed E-state index contributed by atoms with van der Waals surface area (Å²) in [6.07, 6.45) is 0. The molecule has 3 rings (SSSR count). The van der Waals surface area contributed by atoms with Crippen LogP contribution in [0.3, 0.4) is 0 Å². The number of fused-ring (bicyclic) bond motifs is 1. The standard InChI is InChI=1S/C22H27FN4O/c1-13(2)14(3)24-21(28)18-11-17(15-9-7-8-10-16(15)23)25-20-12-19(22(4,5)6)26-27(18)20/h7-14H,1-6H3,(H,24,28)/t14-/m1/s1. The Morgan fingerprint density at radius 2 is 1.82 bits per heavy atom. The quantitative estimate of drug-likeness (QED) is 0.717. The number of halogens is 1. The monoisotopic (exact) mass is 382 g/mol. The maximum Gasteiger partial charge on any atom is 0.270 e. The number of nitrogens with zero attached hydrogens (tertiary/aromatic N) is 3. The molecule has 0 saturated carbocycles. The van der Waals surface area contributed by atoms with Crippen LogP contribution in [0.15, 0.2) is 36.4 Å². The predicted molar refractivity (Wildman–Crippen MR) is 109 cm³/mol. The SMILES string of the molecule is CC(C)[C@@H](C)NC(=O)c1cc(-c2ccccc2F)nc2cc(C(C)(C)C)nn12. The van der Waals surface area contributed by atoms with Crippen molar-refractivity contribution in [2.45, 2.75) is 53.0 Å². The van der Waals surface area contributed by atoms with Crippen molar-refractivity contribution in [3.8, 4) is 11.3 Å². The molecule has 0 aliphatic carbocycles. The third-order valence-corrected chi connectivity index (χ3v) is 4.94. The molecule has 0 fully saturated rings. The zero-order valence-electron chi connectivity index (χ0n) is 17.2. The highest BCUT2D eigenvalue weighted by molar-refractivity contribution is 5.94. The van der Waals surface area contributed by atoms with Crippen LogP contribution in [0.1, 0.15) is 57.7 Å². The van der Waals surface area contributed by atoms with Gasteiger partial charge < -0.3 is 5.32 Å². The van der Waals surface area contributed by atoms with Crippen molar-refractivity contribution in [2.24, 2.45) is 5.92 Å². The van der Waals surface area contributed by atoms with Gasteiger partial charge in [0.1, 0.15) is 11.5 Å². The van der Waals surface area contributed by atoms with Gasteiger partial charge in [0.25, 0.3) is 5.91 Å². The minimum atomic E-state index is -0.378. The van der Waals surface area contributed by atoms with E-state index in [2.05, 4.69) is 15.4 Å². The normalized spacial score (nSPS) is 13.1. The van der Waals surface area contributed by atoms with Gasteiger partial charge in [-0.05, 0) is 31.0 Å². The maximum atomic E-state index is 14.4. The van der Waals surface area contributed by atoms with Crippen LogP contribution in [0.4, 0.5) is 4.39 Å². The van der Waals surface area contributed by atoms with Gasteiger partial charge >= 0.3 is 0 Å². The van der Waals surface area contributed by atoms with Crippen LogP contribution in [-0.2, 0) is 5.41 Å². The fourth-order valence-electron chi connectivity index (χ4n) is 2.76. The lowest BCUT2D eigenvalue weighted by Gasteiger charge is -2.18. The first kappa shape index (κ1) is 20.0. The molecule has 0 spiro atoms. The zero-order chi connectivity index (χ0) is 20.6. The first-order chi connectivity index (χ1) is 13.1. The second kappa shape index (κ2) is 7.34. The van der Waals surface area contributed by atoms with E-state index in [-0.39, 0.29) is 29.1 Å². The van der Waals surface area contributed by atoms with Crippen molar-refractivity contribution in [3.63, 3.8) is 0 Å². The van der Waals surface area contributed by atoms with E-state index in [1.54, 1.807) is 28.8 Å². The largest absolute Gasteiger partial charge is 0.348 e. The summed E-state index contributed by atoms with van der Waals surface area (Å²) >= 11 is 0. The first-order valence-corrected chi connectivity index (χ1v) is 9.55. The smallest absolute Gasteiger partial charge is 0.270 e. The van der Waals surface area contributed by atoms with Crippen molar-refractivity contribution in [1.82, 2.24) is 19.9 Å². The summed E-state index contributed by atoms with van der Waals surface area (Å²) in [6.45, 7) is 12.2. The molecule has 0 unspecified atom stereocenters. The van der Waals surface area contributed by atoms with Gasteiger partial charge in [0.05, 0.1) is 11.4 Å². The molecule has 1 N–H and O–H groups in total. The molecule has 1 aromatic carbocycles. The summed E-state index contributed by atoms with van der Waals surface area (Å²) in [4.78, 5) is 17.6. The Bertz CT molecular complexity index is 1020. The predicted octanol–water partition coefficient (Wildman–Crippen LogP) is 4.61. The summed E-state index contributed by atoms with van der Waals surface area (Å²) in [6, 6.07) is 9.88. The second-order valence-corrected chi connectivity index (χ2v) is 8.56. The topological polar surface area (TPSA) is 59.3 Å². The molecular weight excluding hydrogens is 355 g/mol. The van der Waals surface area contributed by atoms with Crippen molar-refractivity contribution in [3.05, 3.63) is 53.6 Å². The first-order valence-electron chi connectivity index (χ1n) is 9.55. The van der Waals surface area contributed by atoms with Crippen LogP contribution in [-0.4, -0.2) is 26.5 Å². The van der Waals surface area contributed by atoms with E-state index in [1.807, 2.05) is 47.6 Å². The van der Waals surface area contributed by atoms with Gasteiger partial charge in [0.15, 0.2) is 5.65 Å². The number of benzene rings is 1. The number of carbonyl (C=O) groups is 1. The van der Waals surface area contributed by atoms with Crippen LogP contribution >= 0.6 is 0 Å². The average Bonchev–Trinajstić information content (AvgIpc) is 3.05. The minimum absolute atomic E-state index is 0.00900. The molecule has 2 aromatic heterocycles. The van der Waals surface area contributed by atoms with E-state index >= 15 is 0 Å². The summed E-state index contributed by atoms with van der Waals surface area (Å²) in [7, 11) is 0. The molecule has 1 atom stereocenters. The molecule has 0 bridgehead atoms. The van der Waals surface area contributed by atoms with Gasteiger partial charge in [-0.1, -0.05) is 46.8 Å². The number of nitrogens with one attached hydrogen (secondary N) is 1. The fraction of sp³-hybridized carbons (Fsp3) is 0.409. The number of amides is 1. The molecule has 2 heterocycles. The Morgan fingerprint density at radius 1 is 1.14 bits per heavy atom. The minimum Gasteiger partial charge on any atom is -0.348 e. The highest BCUT2D eigenvalue weighted by Gasteiger charge is 2.23. The van der Waals surface area contributed by atoms with E-state index in [9.17, 15) is 9.18 Å². The number of rotatable bonds is 4. The van der Waals surface area contributed by atoms with Gasteiger partial charge in [-0.3, -0.25) is 4.79 Å². The summed E-state index contributed by atoms with van der Waals surface area (Å²) in [5, 5.41) is 7.62. The van der Waals surface area contributed by atoms with E-state index < -0.39 is 0 Å². The Morgan fingerprint density at radius 3 is 2.43 bits per heavy atom. The molecule has 0 aliphatic heterocycles. The number of aromatic nitrogens is 3. The molecule has 0 aliphatic rings. The van der Waals surface area contributed by atoms with E-state index in [0.29, 0.717) is 22.6 Å². The highest BCUT2D eigenvalue weighted by atomic mass is 19.1. The zero-order valence-corrected chi connectivity index (χ0v) is 17.2. The average molecular weight is 382 g/mol. The van der Waals surface area contributed by atoms with Gasteiger partial charge in [-0.25, -0.2) is 13.9 Å². The van der Waals surface area contributed by atoms with Gasteiger partial charge in [0, 0.05) is 23.1 Å². The molecule has 3 aromatic rings. The Balaban J connectivity index is 2.20. The second-order valence-electron chi connectivity index (χ2n) is 8.56. The molecule has 0 radical (unpaired) electrons. The van der Waals surface area contributed by atoms with Crippen molar-refractivity contribution >= 4 is 11.6 Å². The van der Waals surface area contributed by atoms with Gasteiger partial charge in [-0.15, -0.1) is 0 Å². The molecule has 0 saturated heterocycles. The molecule has 1 amide bonds. The van der Waals surface area contributed by atoms with Crippen molar-refractivity contribution < 1.29 is 9.18 Å². The van der Waals surface area contributed by atoms with Crippen LogP contribution in [0.25, 0.3) is 16.9 Å². The number of carbonyl (C=O) groups excluding carboxylic acids is 1. The molecule has 6 heteroatoms. The number of hydrogen-bond acceptors (Lipinski definition) is 3.